The zero-order valence-corrected chi connectivity index (χ0v) is 8.49. The fraction of sp³-hybridized carbons (Fsp3) is 0.900. The molecule has 76 valence electrons. The van der Waals surface area contributed by atoms with Crippen LogP contribution in [0.2, 0.25) is 0 Å². The molecule has 0 radical (unpaired) electrons. The number of nitrogens with zero attached hydrogens (tertiary/aromatic N) is 1. The molecule has 1 unspecified atom stereocenters. The summed E-state index contributed by atoms with van der Waals surface area (Å²) in [6.45, 7) is 6.89. The van der Waals surface area contributed by atoms with Crippen molar-refractivity contribution in [3.05, 3.63) is 0 Å². The van der Waals surface area contributed by atoms with Crippen LogP contribution in [0.15, 0.2) is 0 Å². The van der Waals surface area contributed by atoms with Crippen LogP contribution in [0, 0.1) is 11.8 Å². The minimum Gasteiger partial charge on any atom is -0.481 e. The topological polar surface area (TPSA) is 40.5 Å². The van der Waals surface area contributed by atoms with Gasteiger partial charge >= 0.3 is 5.97 Å². The van der Waals surface area contributed by atoms with E-state index in [0.29, 0.717) is 6.54 Å². The molecule has 0 aliphatic carbocycles. The summed E-state index contributed by atoms with van der Waals surface area (Å²) in [6, 6.07) is 0. The highest BCUT2D eigenvalue weighted by Crippen LogP contribution is 2.16. The maximum Gasteiger partial charge on any atom is 0.307 e. The van der Waals surface area contributed by atoms with Gasteiger partial charge in [-0.15, -0.1) is 0 Å². The number of carboxylic acids is 1. The number of carboxylic acid groups (broad SMARTS) is 1. The Bertz CT molecular complexity index is 174. The summed E-state index contributed by atoms with van der Waals surface area (Å²) in [7, 11) is 0. The Labute approximate surface area is 79.7 Å². The molecule has 0 spiro atoms. The SMILES string of the molecule is CC1CCN(CC(C)C(=O)O)CC1. The van der Waals surface area contributed by atoms with Gasteiger partial charge in [0.15, 0.2) is 0 Å². The zero-order valence-electron chi connectivity index (χ0n) is 8.49. The molecule has 0 aromatic rings. The Balaban J connectivity index is 2.26. The predicted octanol–water partition coefficient (Wildman–Crippen LogP) is 1.44. The largest absolute Gasteiger partial charge is 0.481 e. The van der Waals surface area contributed by atoms with Crippen molar-refractivity contribution in [3.63, 3.8) is 0 Å². The molecule has 0 amide bonds. The molecule has 13 heavy (non-hydrogen) atoms. The molecule has 1 fully saturated rings. The first-order chi connectivity index (χ1) is 6.09. The molecule has 1 atom stereocenters. The normalized spacial score (nSPS) is 22.9. The van der Waals surface area contributed by atoms with E-state index in [1.807, 2.05) is 0 Å². The van der Waals surface area contributed by atoms with Crippen molar-refractivity contribution in [2.24, 2.45) is 11.8 Å². The van der Waals surface area contributed by atoms with Crippen molar-refractivity contribution in [2.45, 2.75) is 26.7 Å². The van der Waals surface area contributed by atoms with E-state index in [9.17, 15) is 4.79 Å². The van der Waals surface area contributed by atoms with Gasteiger partial charge in [-0.1, -0.05) is 13.8 Å². The number of hydrogen-bond acceptors (Lipinski definition) is 2. The van der Waals surface area contributed by atoms with E-state index in [-0.39, 0.29) is 5.92 Å². The molecule has 0 aromatic heterocycles. The molecule has 3 nitrogen and oxygen atoms in total. The number of hydrogen-bond donors (Lipinski definition) is 1. The summed E-state index contributed by atoms with van der Waals surface area (Å²) in [4.78, 5) is 12.9. The molecule has 1 saturated heterocycles. The van der Waals surface area contributed by atoms with Crippen LogP contribution in [0.1, 0.15) is 26.7 Å². The molecular weight excluding hydrogens is 166 g/mol. The molecule has 0 saturated carbocycles. The summed E-state index contributed by atoms with van der Waals surface area (Å²) in [5.41, 5.74) is 0. The van der Waals surface area contributed by atoms with E-state index in [4.69, 9.17) is 5.11 Å². The minimum atomic E-state index is -0.682. The van der Waals surface area contributed by atoms with Gasteiger partial charge in [-0.25, -0.2) is 0 Å². The van der Waals surface area contributed by atoms with Crippen molar-refractivity contribution in [1.82, 2.24) is 4.90 Å². The first kappa shape index (κ1) is 10.5. The Morgan fingerprint density at radius 2 is 2.08 bits per heavy atom. The summed E-state index contributed by atoms with van der Waals surface area (Å²) in [5, 5.41) is 8.74. The van der Waals surface area contributed by atoms with Gasteiger partial charge in [0.05, 0.1) is 5.92 Å². The molecule has 3 heteroatoms. The zero-order chi connectivity index (χ0) is 9.84. The van der Waals surface area contributed by atoms with Crippen LogP contribution in [0.5, 0.6) is 0 Å². The highest BCUT2D eigenvalue weighted by molar-refractivity contribution is 5.69. The Morgan fingerprint density at radius 3 is 2.54 bits per heavy atom. The van der Waals surface area contributed by atoms with E-state index in [1.54, 1.807) is 6.92 Å². The molecule has 0 bridgehead atoms. The van der Waals surface area contributed by atoms with Gasteiger partial charge in [-0.3, -0.25) is 4.79 Å². The quantitative estimate of drug-likeness (QED) is 0.723. The van der Waals surface area contributed by atoms with Gasteiger partial charge in [-0.2, -0.15) is 0 Å². The monoisotopic (exact) mass is 185 g/mol. The lowest BCUT2D eigenvalue weighted by Crippen LogP contribution is -2.37. The second kappa shape index (κ2) is 4.61. The minimum absolute atomic E-state index is 0.228. The first-order valence-electron chi connectivity index (χ1n) is 5.04. The lowest BCUT2D eigenvalue weighted by atomic mass is 9.98. The van der Waals surface area contributed by atoms with Gasteiger partial charge in [0.1, 0.15) is 0 Å². The van der Waals surface area contributed by atoms with Crippen molar-refractivity contribution >= 4 is 5.97 Å². The van der Waals surface area contributed by atoms with E-state index >= 15 is 0 Å². The van der Waals surface area contributed by atoms with Gasteiger partial charge in [0.2, 0.25) is 0 Å². The van der Waals surface area contributed by atoms with Gasteiger partial charge in [0, 0.05) is 6.54 Å². The van der Waals surface area contributed by atoms with Crippen molar-refractivity contribution in [1.29, 1.82) is 0 Å². The average Bonchev–Trinajstić information content (AvgIpc) is 2.08. The Hall–Kier alpha value is -0.570. The van der Waals surface area contributed by atoms with E-state index in [0.717, 1.165) is 19.0 Å². The van der Waals surface area contributed by atoms with Gasteiger partial charge < -0.3 is 10.0 Å². The molecule has 0 aromatic carbocycles. The standard InChI is InChI=1S/C10H19NO2/c1-8-3-5-11(6-4-8)7-9(2)10(12)13/h8-9H,3-7H2,1-2H3,(H,12,13). The number of rotatable bonds is 3. The van der Waals surface area contributed by atoms with E-state index < -0.39 is 5.97 Å². The Kier molecular flexibility index (Phi) is 3.72. The van der Waals surface area contributed by atoms with E-state index in [2.05, 4.69) is 11.8 Å². The highest BCUT2D eigenvalue weighted by Gasteiger charge is 2.20. The molecule has 1 aliphatic rings. The molecule has 1 N–H and O–H groups in total. The van der Waals surface area contributed by atoms with Crippen LogP contribution in [0.4, 0.5) is 0 Å². The second-order valence-corrected chi connectivity index (χ2v) is 4.22. The Morgan fingerprint density at radius 1 is 1.54 bits per heavy atom. The van der Waals surface area contributed by atoms with Crippen molar-refractivity contribution < 1.29 is 9.90 Å². The van der Waals surface area contributed by atoms with Gasteiger partial charge in [-0.05, 0) is 31.8 Å². The lowest BCUT2D eigenvalue weighted by molar-refractivity contribution is -0.141. The first-order valence-corrected chi connectivity index (χ1v) is 5.04. The fourth-order valence-corrected chi connectivity index (χ4v) is 1.71. The third kappa shape index (κ3) is 3.35. The summed E-state index contributed by atoms with van der Waals surface area (Å²) >= 11 is 0. The van der Waals surface area contributed by atoms with Crippen LogP contribution in [0.3, 0.4) is 0 Å². The average molecular weight is 185 g/mol. The van der Waals surface area contributed by atoms with Gasteiger partial charge in [0.25, 0.3) is 0 Å². The van der Waals surface area contributed by atoms with Crippen molar-refractivity contribution in [2.75, 3.05) is 19.6 Å². The molecular formula is C10H19NO2. The van der Waals surface area contributed by atoms with Crippen LogP contribution in [-0.4, -0.2) is 35.6 Å². The molecule has 1 heterocycles. The third-order valence-corrected chi connectivity index (χ3v) is 2.83. The fourth-order valence-electron chi connectivity index (χ4n) is 1.71. The van der Waals surface area contributed by atoms with E-state index in [1.165, 1.54) is 12.8 Å². The predicted molar refractivity (Wildman–Crippen MR) is 51.6 cm³/mol. The van der Waals surface area contributed by atoms with Crippen LogP contribution >= 0.6 is 0 Å². The maximum atomic E-state index is 10.6. The maximum absolute atomic E-state index is 10.6. The molecule has 1 aliphatic heterocycles. The van der Waals surface area contributed by atoms with Crippen molar-refractivity contribution in [3.8, 4) is 0 Å². The number of piperidine rings is 1. The van der Waals surface area contributed by atoms with Crippen LogP contribution in [0.25, 0.3) is 0 Å². The number of aliphatic carboxylic acids is 1. The van der Waals surface area contributed by atoms with Crippen LogP contribution in [-0.2, 0) is 4.79 Å². The molecule has 1 rings (SSSR count). The summed E-state index contributed by atoms with van der Waals surface area (Å²) < 4.78 is 0. The summed E-state index contributed by atoms with van der Waals surface area (Å²) in [6.07, 6.45) is 2.43. The van der Waals surface area contributed by atoms with Crippen LogP contribution < -0.4 is 0 Å². The second-order valence-electron chi connectivity index (χ2n) is 4.22. The smallest absolute Gasteiger partial charge is 0.307 e. The third-order valence-electron chi connectivity index (χ3n) is 2.83. The number of carbonyl (C=O) groups is 1. The summed E-state index contributed by atoms with van der Waals surface area (Å²) in [5.74, 6) is -0.0941. The highest BCUT2D eigenvalue weighted by atomic mass is 16.4. The lowest BCUT2D eigenvalue weighted by Gasteiger charge is -2.31. The number of likely N-dealkylation sites (tertiary alicyclic amines) is 1.